The predicted molar refractivity (Wildman–Crippen MR) is 58.7 cm³/mol. The molecule has 0 radical (unpaired) electrons. The molecule has 1 aromatic heterocycles. The van der Waals surface area contributed by atoms with Crippen LogP contribution < -0.4 is 5.32 Å². The third-order valence-corrected chi connectivity index (χ3v) is 4.47. The molecular formula is C10H15NO4S. The van der Waals surface area contributed by atoms with Crippen LogP contribution in [0.15, 0.2) is 22.8 Å². The Labute approximate surface area is 94.4 Å². The first-order chi connectivity index (χ1) is 7.48. The molecule has 2 rings (SSSR count). The Morgan fingerprint density at radius 1 is 1.56 bits per heavy atom. The van der Waals surface area contributed by atoms with Crippen LogP contribution in [0.5, 0.6) is 0 Å². The molecule has 1 aromatic rings. The van der Waals surface area contributed by atoms with Gasteiger partial charge in [-0.05, 0) is 19.1 Å². The van der Waals surface area contributed by atoms with Gasteiger partial charge >= 0.3 is 0 Å². The topological polar surface area (TPSA) is 79.5 Å². The van der Waals surface area contributed by atoms with E-state index in [-0.39, 0.29) is 17.5 Å². The van der Waals surface area contributed by atoms with Crippen molar-refractivity contribution in [1.82, 2.24) is 5.32 Å². The average Bonchev–Trinajstić information content (AvgIpc) is 2.74. The summed E-state index contributed by atoms with van der Waals surface area (Å²) in [5, 5.41) is 12.7. The Hall–Kier alpha value is -0.850. The van der Waals surface area contributed by atoms with Gasteiger partial charge in [-0.3, -0.25) is 0 Å². The van der Waals surface area contributed by atoms with Gasteiger partial charge in [0, 0.05) is 6.04 Å². The van der Waals surface area contributed by atoms with E-state index < -0.39 is 22.0 Å². The number of aliphatic hydroxyl groups excluding tert-OH is 1. The van der Waals surface area contributed by atoms with E-state index in [1.807, 2.05) is 13.0 Å². The minimum absolute atomic E-state index is 0.0147. The zero-order chi connectivity index (χ0) is 11.8. The SMILES string of the molecule is C[C@H](NC1CS(=O)(=O)CC1O)c1ccco1. The molecule has 0 spiro atoms. The van der Waals surface area contributed by atoms with Gasteiger partial charge in [0.1, 0.15) is 5.76 Å². The van der Waals surface area contributed by atoms with E-state index in [1.54, 1.807) is 12.3 Å². The number of furan rings is 1. The van der Waals surface area contributed by atoms with Gasteiger partial charge in [0.2, 0.25) is 0 Å². The van der Waals surface area contributed by atoms with E-state index in [9.17, 15) is 13.5 Å². The highest BCUT2D eigenvalue weighted by atomic mass is 32.2. The summed E-state index contributed by atoms with van der Waals surface area (Å²) in [4.78, 5) is 0. The fourth-order valence-corrected chi connectivity index (χ4v) is 3.68. The van der Waals surface area contributed by atoms with Gasteiger partial charge in [-0.15, -0.1) is 0 Å². The molecule has 2 N–H and O–H groups in total. The van der Waals surface area contributed by atoms with E-state index in [0.29, 0.717) is 0 Å². The van der Waals surface area contributed by atoms with Crippen LogP contribution in [-0.4, -0.2) is 37.2 Å². The normalized spacial score (nSPS) is 30.4. The van der Waals surface area contributed by atoms with Gasteiger partial charge < -0.3 is 14.8 Å². The summed E-state index contributed by atoms with van der Waals surface area (Å²) in [6.07, 6.45) is 0.734. The Bertz CT molecular complexity index is 439. The van der Waals surface area contributed by atoms with E-state index in [4.69, 9.17) is 4.42 Å². The molecule has 3 atom stereocenters. The van der Waals surface area contributed by atoms with Gasteiger partial charge in [-0.1, -0.05) is 0 Å². The van der Waals surface area contributed by atoms with Crippen LogP contribution in [0, 0.1) is 0 Å². The number of sulfone groups is 1. The number of hydrogen-bond donors (Lipinski definition) is 2. The number of rotatable bonds is 3. The van der Waals surface area contributed by atoms with Gasteiger partial charge in [0.15, 0.2) is 9.84 Å². The summed E-state index contributed by atoms with van der Waals surface area (Å²) in [6.45, 7) is 1.87. The van der Waals surface area contributed by atoms with Crippen LogP contribution in [0.25, 0.3) is 0 Å². The summed E-state index contributed by atoms with van der Waals surface area (Å²) in [7, 11) is -3.10. The highest BCUT2D eigenvalue weighted by Crippen LogP contribution is 2.18. The molecule has 1 saturated heterocycles. The Morgan fingerprint density at radius 2 is 2.31 bits per heavy atom. The lowest BCUT2D eigenvalue weighted by Crippen LogP contribution is -2.40. The molecule has 2 heterocycles. The van der Waals surface area contributed by atoms with E-state index in [0.717, 1.165) is 5.76 Å². The lowest BCUT2D eigenvalue weighted by Gasteiger charge is -2.19. The van der Waals surface area contributed by atoms with E-state index >= 15 is 0 Å². The molecule has 0 aromatic carbocycles. The van der Waals surface area contributed by atoms with Crippen LogP contribution in [0.3, 0.4) is 0 Å². The minimum atomic E-state index is -3.10. The number of aliphatic hydroxyl groups is 1. The van der Waals surface area contributed by atoms with E-state index in [1.165, 1.54) is 0 Å². The molecular weight excluding hydrogens is 230 g/mol. The monoisotopic (exact) mass is 245 g/mol. The molecule has 16 heavy (non-hydrogen) atoms. The van der Waals surface area contributed by atoms with Gasteiger partial charge in [-0.25, -0.2) is 8.42 Å². The van der Waals surface area contributed by atoms with Crippen LogP contribution in [0.1, 0.15) is 18.7 Å². The van der Waals surface area contributed by atoms with Crippen molar-refractivity contribution in [3.8, 4) is 0 Å². The van der Waals surface area contributed by atoms with Gasteiger partial charge in [0.05, 0.1) is 29.9 Å². The van der Waals surface area contributed by atoms with Crippen LogP contribution >= 0.6 is 0 Å². The summed E-state index contributed by atoms with van der Waals surface area (Å²) in [5.41, 5.74) is 0. The molecule has 0 aliphatic carbocycles. The molecule has 1 aliphatic rings. The van der Waals surface area contributed by atoms with Crippen molar-refractivity contribution in [2.24, 2.45) is 0 Å². The molecule has 0 bridgehead atoms. The van der Waals surface area contributed by atoms with Crippen molar-refractivity contribution in [3.63, 3.8) is 0 Å². The first kappa shape index (κ1) is 11.6. The Morgan fingerprint density at radius 3 is 2.81 bits per heavy atom. The maximum absolute atomic E-state index is 11.3. The molecule has 1 fully saturated rings. The second kappa shape index (κ2) is 4.20. The van der Waals surface area contributed by atoms with E-state index in [2.05, 4.69) is 5.32 Å². The van der Waals surface area contributed by atoms with Gasteiger partial charge in [-0.2, -0.15) is 0 Å². The average molecular weight is 245 g/mol. The van der Waals surface area contributed by atoms with Crippen molar-refractivity contribution < 1.29 is 17.9 Å². The molecule has 5 nitrogen and oxygen atoms in total. The lowest BCUT2D eigenvalue weighted by atomic mass is 10.1. The maximum atomic E-state index is 11.3. The Kier molecular flexibility index (Phi) is 3.05. The first-order valence-electron chi connectivity index (χ1n) is 5.16. The van der Waals surface area contributed by atoms with Crippen molar-refractivity contribution in [1.29, 1.82) is 0 Å². The molecule has 1 aliphatic heterocycles. The first-order valence-corrected chi connectivity index (χ1v) is 6.98. The second-order valence-corrected chi connectivity index (χ2v) is 6.31. The largest absolute Gasteiger partial charge is 0.468 e. The van der Waals surface area contributed by atoms with Crippen LogP contribution in [0.4, 0.5) is 0 Å². The van der Waals surface area contributed by atoms with Crippen molar-refractivity contribution in [3.05, 3.63) is 24.2 Å². The third-order valence-electron chi connectivity index (χ3n) is 2.76. The standard InChI is InChI=1S/C10H15NO4S/c1-7(10-3-2-4-15-10)11-8-5-16(13,14)6-9(8)12/h2-4,7-9,11-12H,5-6H2,1H3/t7-,8?,9?/m0/s1. The van der Waals surface area contributed by atoms with Gasteiger partial charge in [0.25, 0.3) is 0 Å². The maximum Gasteiger partial charge on any atom is 0.154 e. The highest BCUT2D eigenvalue weighted by molar-refractivity contribution is 7.91. The summed E-state index contributed by atoms with van der Waals surface area (Å²) in [5.74, 6) is 0.561. The predicted octanol–water partition coefficient (Wildman–Crippen LogP) is 0.0881. The number of nitrogens with one attached hydrogen (secondary N) is 1. The molecule has 0 saturated carbocycles. The summed E-state index contributed by atoms with van der Waals surface area (Å²) < 4.78 is 27.8. The van der Waals surface area contributed by atoms with Crippen molar-refractivity contribution in [2.45, 2.75) is 25.1 Å². The fourth-order valence-electron chi connectivity index (χ4n) is 1.93. The quantitative estimate of drug-likeness (QED) is 0.789. The summed E-state index contributed by atoms with van der Waals surface area (Å²) in [6, 6.07) is 3.07. The summed E-state index contributed by atoms with van der Waals surface area (Å²) >= 11 is 0. The molecule has 0 amide bonds. The van der Waals surface area contributed by atoms with Crippen LogP contribution in [0.2, 0.25) is 0 Å². The smallest absolute Gasteiger partial charge is 0.154 e. The third kappa shape index (κ3) is 2.45. The minimum Gasteiger partial charge on any atom is -0.468 e. The zero-order valence-electron chi connectivity index (χ0n) is 8.96. The van der Waals surface area contributed by atoms with Crippen molar-refractivity contribution >= 4 is 9.84 Å². The lowest BCUT2D eigenvalue weighted by molar-refractivity contribution is 0.158. The zero-order valence-corrected chi connectivity index (χ0v) is 9.78. The number of hydrogen-bond acceptors (Lipinski definition) is 5. The van der Waals surface area contributed by atoms with Crippen LogP contribution in [-0.2, 0) is 9.84 Å². The molecule has 6 heteroatoms. The van der Waals surface area contributed by atoms with Crippen molar-refractivity contribution in [2.75, 3.05) is 11.5 Å². The fraction of sp³-hybridized carbons (Fsp3) is 0.600. The highest BCUT2D eigenvalue weighted by Gasteiger charge is 2.37. The Balaban J connectivity index is 2.01. The molecule has 2 unspecified atom stereocenters. The molecule has 90 valence electrons. The second-order valence-electron chi connectivity index (χ2n) is 4.15.